The van der Waals surface area contributed by atoms with Crippen molar-refractivity contribution in [3.63, 3.8) is 0 Å². The summed E-state index contributed by atoms with van der Waals surface area (Å²) >= 11 is 0. The van der Waals surface area contributed by atoms with E-state index in [4.69, 9.17) is 9.72 Å². The predicted molar refractivity (Wildman–Crippen MR) is 136 cm³/mol. The lowest BCUT2D eigenvalue weighted by Gasteiger charge is -2.34. The number of piperazine rings is 1. The molecule has 0 atom stereocenters. The number of rotatable bonds is 7. The summed E-state index contributed by atoms with van der Waals surface area (Å²) in [6, 6.07) is 12.6. The van der Waals surface area contributed by atoms with E-state index < -0.39 is 0 Å². The summed E-state index contributed by atoms with van der Waals surface area (Å²) in [6.07, 6.45) is 5.59. The normalized spacial score (nSPS) is 14.8. The number of anilines is 1. The molecule has 1 aliphatic heterocycles. The molecule has 34 heavy (non-hydrogen) atoms. The van der Waals surface area contributed by atoms with E-state index in [1.165, 1.54) is 5.69 Å². The zero-order valence-electron chi connectivity index (χ0n) is 20.0. The summed E-state index contributed by atoms with van der Waals surface area (Å²) in [5.41, 5.74) is 6.72. The third-order valence-electron chi connectivity index (χ3n) is 6.25. The van der Waals surface area contributed by atoms with Crippen LogP contribution in [0.4, 0.5) is 5.69 Å². The lowest BCUT2D eigenvalue weighted by atomic mass is 10.1. The minimum atomic E-state index is 0.606. The maximum Gasteiger partial charge on any atom is 0.213 e. The number of benzene rings is 1. The van der Waals surface area contributed by atoms with Crippen LogP contribution >= 0.6 is 0 Å². The van der Waals surface area contributed by atoms with E-state index in [2.05, 4.69) is 61.0 Å². The molecule has 8 heteroatoms. The number of pyridine rings is 1. The van der Waals surface area contributed by atoms with Crippen molar-refractivity contribution in [3.05, 3.63) is 55.0 Å². The zero-order valence-corrected chi connectivity index (χ0v) is 20.0. The van der Waals surface area contributed by atoms with Crippen LogP contribution in [-0.4, -0.2) is 90.2 Å². The highest BCUT2D eigenvalue weighted by Gasteiger charge is 2.15. The van der Waals surface area contributed by atoms with Crippen LogP contribution in [-0.2, 0) is 0 Å². The molecule has 1 aliphatic rings. The summed E-state index contributed by atoms with van der Waals surface area (Å²) < 4.78 is 5.72. The van der Waals surface area contributed by atoms with Crippen molar-refractivity contribution in [2.45, 2.75) is 0 Å². The van der Waals surface area contributed by atoms with Gasteiger partial charge in [-0.1, -0.05) is 12.1 Å². The molecule has 0 saturated carbocycles. The van der Waals surface area contributed by atoms with Crippen molar-refractivity contribution in [3.8, 4) is 28.3 Å². The van der Waals surface area contributed by atoms with Gasteiger partial charge in [0.15, 0.2) is 5.65 Å². The van der Waals surface area contributed by atoms with Gasteiger partial charge >= 0.3 is 0 Å². The maximum absolute atomic E-state index is 5.72. The number of likely N-dealkylation sites (N-methyl/N-ethyl adjacent to an activating group) is 2. The lowest BCUT2D eigenvalue weighted by molar-refractivity contribution is 0.254. The molecule has 0 radical (unpaired) electrons. The summed E-state index contributed by atoms with van der Waals surface area (Å²) in [7, 11) is 6.22. The van der Waals surface area contributed by atoms with E-state index in [1.54, 1.807) is 0 Å². The molecule has 1 aromatic carbocycles. The third-order valence-corrected chi connectivity index (χ3v) is 6.25. The topological polar surface area (TPSA) is 73.4 Å². The van der Waals surface area contributed by atoms with Gasteiger partial charge in [-0.2, -0.15) is 0 Å². The largest absolute Gasteiger partial charge is 0.476 e. The number of hydrogen-bond donors (Lipinski definition) is 1. The fourth-order valence-corrected chi connectivity index (χ4v) is 4.12. The minimum absolute atomic E-state index is 0.606. The Morgan fingerprint density at radius 1 is 0.941 bits per heavy atom. The number of fused-ring (bicyclic) bond motifs is 1. The molecular weight excluding hydrogens is 426 g/mol. The standard InChI is InChI=1S/C26H31N7O/c1-31(2)14-15-34-24-9-6-20(16-27-24)22-17-28-26-25(22)30-23(18-29-26)19-4-7-21(8-5-19)33-12-10-32(3)11-13-33/h4-9,16-18H,10-15H2,1-3H3,(H,28,29). The molecule has 0 bridgehead atoms. The maximum atomic E-state index is 5.72. The highest BCUT2D eigenvalue weighted by Crippen LogP contribution is 2.29. The first-order valence-electron chi connectivity index (χ1n) is 11.7. The van der Waals surface area contributed by atoms with Gasteiger partial charge in [-0.05, 0) is 39.3 Å². The smallest absolute Gasteiger partial charge is 0.213 e. The van der Waals surface area contributed by atoms with Gasteiger partial charge in [-0.25, -0.2) is 15.0 Å². The fourth-order valence-electron chi connectivity index (χ4n) is 4.12. The summed E-state index contributed by atoms with van der Waals surface area (Å²) in [5, 5.41) is 0. The number of aromatic amines is 1. The first-order chi connectivity index (χ1) is 16.6. The van der Waals surface area contributed by atoms with E-state index in [9.17, 15) is 0 Å². The Labute approximate surface area is 200 Å². The number of nitrogens with zero attached hydrogens (tertiary/aromatic N) is 6. The Bertz CT molecular complexity index is 1230. The second-order valence-corrected chi connectivity index (χ2v) is 9.03. The quantitative estimate of drug-likeness (QED) is 0.456. The Hall–Kier alpha value is -3.49. The van der Waals surface area contributed by atoms with Gasteiger partial charge in [-0.3, -0.25) is 0 Å². The fraction of sp³-hybridized carbons (Fsp3) is 0.346. The van der Waals surface area contributed by atoms with Crippen molar-refractivity contribution >= 4 is 16.9 Å². The molecule has 0 spiro atoms. The van der Waals surface area contributed by atoms with Crippen molar-refractivity contribution < 1.29 is 4.74 Å². The van der Waals surface area contributed by atoms with E-state index in [1.807, 2.05) is 44.8 Å². The second-order valence-electron chi connectivity index (χ2n) is 9.03. The highest BCUT2D eigenvalue weighted by molar-refractivity contribution is 5.91. The third kappa shape index (κ3) is 4.88. The molecule has 1 saturated heterocycles. The van der Waals surface area contributed by atoms with Crippen molar-refractivity contribution in [1.29, 1.82) is 0 Å². The number of nitrogens with one attached hydrogen (secondary N) is 1. The number of ether oxygens (including phenoxy) is 1. The van der Waals surface area contributed by atoms with Gasteiger partial charge < -0.3 is 24.4 Å². The molecule has 0 amide bonds. The average Bonchev–Trinajstić information content (AvgIpc) is 3.28. The van der Waals surface area contributed by atoms with Crippen LogP contribution in [0.3, 0.4) is 0 Å². The van der Waals surface area contributed by atoms with Crippen LogP contribution in [0.25, 0.3) is 33.5 Å². The van der Waals surface area contributed by atoms with E-state index in [0.717, 1.165) is 66.3 Å². The van der Waals surface area contributed by atoms with Crippen LogP contribution in [0.2, 0.25) is 0 Å². The van der Waals surface area contributed by atoms with Crippen LogP contribution in [0.15, 0.2) is 55.0 Å². The molecule has 1 N–H and O–H groups in total. The van der Waals surface area contributed by atoms with Crippen molar-refractivity contribution in [2.24, 2.45) is 0 Å². The Morgan fingerprint density at radius 3 is 2.41 bits per heavy atom. The van der Waals surface area contributed by atoms with Crippen LogP contribution < -0.4 is 9.64 Å². The number of H-pyrrole nitrogens is 1. The summed E-state index contributed by atoms with van der Waals surface area (Å²) in [5.74, 6) is 0.623. The van der Waals surface area contributed by atoms with Gasteiger partial charge in [0.1, 0.15) is 12.1 Å². The first kappa shape index (κ1) is 22.3. The molecular formula is C26H31N7O. The van der Waals surface area contributed by atoms with E-state index in [0.29, 0.717) is 12.5 Å². The molecule has 4 heterocycles. The molecule has 5 rings (SSSR count). The molecule has 3 aromatic heterocycles. The molecule has 4 aromatic rings. The monoisotopic (exact) mass is 457 g/mol. The molecule has 8 nitrogen and oxygen atoms in total. The van der Waals surface area contributed by atoms with Crippen molar-refractivity contribution in [1.82, 2.24) is 29.7 Å². The first-order valence-corrected chi connectivity index (χ1v) is 11.7. The Balaban J connectivity index is 1.35. The van der Waals surface area contributed by atoms with Crippen LogP contribution in [0.5, 0.6) is 5.88 Å². The summed E-state index contributed by atoms with van der Waals surface area (Å²) in [4.78, 5) is 24.1. The SMILES string of the molecule is CN(C)CCOc1ccc(-c2c[nH]c3ncc(-c4ccc(N5CCN(C)CC5)cc4)nc23)cn1. The van der Waals surface area contributed by atoms with Crippen LogP contribution in [0, 0.1) is 0 Å². The molecule has 1 fully saturated rings. The molecule has 176 valence electrons. The lowest BCUT2D eigenvalue weighted by Crippen LogP contribution is -2.44. The second kappa shape index (κ2) is 9.79. The molecule has 0 unspecified atom stereocenters. The zero-order chi connectivity index (χ0) is 23.5. The van der Waals surface area contributed by atoms with Crippen LogP contribution in [0.1, 0.15) is 0 Å². The van der Waals surface area contributed by atoms with Gasteiger partial charge in [0.2, 0.25) is 5.88 Å². The Kier molecular flexibility index (Phi) is 6.42. The highest BCUT2D eigenvalue weighted by atomic mass is 16.5. The average molecular weight is 458 g/mol. The molecule has 0 aliphatic carbocycles. The predicted octanol–water partition coefficient (Wildman–Crippen LogP) is 3.38. The van der Waals surface area contributed by atoms with Gasteiger partial charge in [-0.15, -0.1) is 0 Å². The van der Waals surface area contributed by atoms with E-state index >= 15 is 0 Å². The van der Waals surface area contributed by atoms with Crippen molar-refractivity contribution in [2.75, 3.05) is 65.4 Å². The van der Waals surface area contributed by atoms with Gasteiger partial charge in [0, 0.05) is 73.6 Å². The van der Waals surface area contributed by atoms with E-state index in [-0.39, 0.29) is 0 Å². The Morgan fingerprint density at radius 2 is 1.71 bits per heavy atom. The van der Waals surface area contributed by atoms with Gasteiger partial charge in [0.25, 0.3) is 0 Å². The summed E-state index contributed by atoms with van der Waals surface area (Å²) in [6.45, 7) is 5.76. The number of aromatic nitrogens is 4. The van der Waals surface area contributed by atoms with Gasteiger partial charge in [0.05, 0.1) is 11.9 Å². The number of hydrogen-bond acceptors (Lipinski definition) is 7. The minimum Gasteiger partial charge on any atom is -0.476 e.